The fourth-order valence-electron chi connectivity index (χ4n) is 0.988. The van der Waals surface area contributed by atoms with Gasteiger partial charge in [0, 0.05) is 19.6 Å². The Labute approximate surface area is 80.6 Å². The molecule has 74 valence electrons. The van der Waals surface area contributed by atoms with Crippen LogP contribution < -0.4 is 5.32 Å². The molecule has 0 spiro atoms. The molecule has 0 atom stereocenters. The van der Waals surface area contributed by atoms with Gasteiger partial charge < -0.3 is 10.1 Å². The van der Waals surface area contributed by atoms with E-state index in [0.717, 1.165) is 38.4 Å². The van der Waals surface area contributed by atoms with Crippen LogP contribution in [0.4, 0.5) is 0 Å². The maximum atomic E-state index is 5.55. The van der Waals surface area contributed by atoms with Crippen LogP contribution in [-0.2, 0) is 4.74 Å². The van der Waals surface area contributed by atoms with Gasteiger partial charge in [-0.05, 0) is 32.4 Å². The summed E-state index contributed by atoms with van der Waals surface area (Å²) in [6, 6.07) is 0. The summed E-state index contributed by atoms with van der Waals surface area (Å²) in [5.41, 5.74) is 0. The van der Waals surface area contributed by atoms with Crippen LogP contribution in [0.2, 0.25) is 0 Å². The van der Waals surface area contributed by atoms with E-state index in [2.05, 4.69) is 5.32 Å². The van der Waals surface area contributed by atoms with Gasteiger partial charge in [0.2, 0.25) is 0 Å². The van der Waals surface area contributed by atoms with E-state index >= 15 is 0 Å². The SMILES string of the molecule is COCCCNCCCCCCl. The topological polar surface area (TPSA) is 21.3 Å². The Bertz CT molecular complexity index is 70.9. The first-order chi connectivity index (χ1) is 5.91. The van der Waals surface area contributed by atoms with Gasteiger partial charge in [-0.3, -0.25) is 0 Å². The molecule has 0 aliphatic heterocycles. The Balaban J connectivity index is 2.73. The standard InChI is InChI=1S/C9H20ClNO/c1-12-9-5-8-11-7-4-2-3-6-10/h11H,2-9H2,1H3. The molecule has 1 N–H and O–H groups in total. The van der Waals surface area contributed by atoms with E-state index in [1.165, 1.54) is 12.8 Å². The van der Waals surface area contributed by atoms with Crippen molar-refractivity contribution in [2.24, 2.45) is 0 Å². The minimum atomic E-state index is 0.795. The summed E-state index contributed by atoms with van der Waals surface area (Å²) in [5.74, 6) is 0.795. The largest absolute Gasteiger partial charge is 0.385 e. The highest BCUT2D eigenvalue weighted by Crippen LogP contribution is 1.95. The maximum absolute atomic E-state index is 5.55. The molecular formula is C9H20ClNO. The van der Waals surface area contributed by atoms with Crippen LogP contribution in [0.5, 0.6) is 0 Å². The zero-order valence-electron chi connectivity index (χ0n) is 7.94. The molecule has 0 fully saturated rings. The van der Waals surface area contributed by atoms with E-state index in [1.54, 1.807) is 7.11 Å². The second-order valence-corrected chi connectivity index (χ2v) is 3.22. The smallest absolute Gasteiger partial charge is 0.0474 e. The van der Waals surface area contributed by atoms with Crippen LogP contribution in [-0.4, -0.2) is 32.7 Å². The summed E-state index contributed by atoms with van der Waals surface area (Å²) in [6.45, 7) is 3.03. The molecule has 0 radical (unpaired) electrons. The summed E-state index contributed by atoms with van der Waals surface area (Å²) in [7, 11) is 1.74. The van der Waals surface area contributed by atoms with Crippen LogP contribution in [0.25, 0.3) is 0 Å². The van der Waals surface area contributed by atoms with E-state index in [1.807, 2.05) is 0 Å². The first-order valence-electron chi connectivity index (χ1n) is 4.67. The predicted molar refractivity (Wildman–Crippen MR) is 53.9 cm³/mol. The summed E-state index contributed by atoms with van der Waals surface area (Å²) in [6.07, 6.45) is 4.72. The fourth-order valence-corrected chi connectivity index (χ4v) is 1.18. The van der Waals surface area contributed by atoms with Crippen molar-refractivity contribution >= 4 is 11.6 Å². The quantitative estimate of drug-likeness (QED) is 0.447. The lowest BCUT2D eigenvalue weighted by atomic mass is 10.2. The predicted octanol–water partition coefficient (Wildman–Crippen LogP) is 2.02. The highest BCUT2D eigenvalue weighted by atomic mass is 35.5. The van der Waals surface area contributed by atoms with Crippen molar-refractivity contribution in [3.63, 3.8) is 0 Å². The van der Waals surface area contributed by atoms with E-state index in [-0.39, 0.29) is 0 Å². The number of methoxy groups -OCH3 is 1. The third kappa shape index (κ3) is 10.2. The van der Waals surface area contributed by atoms with E-state index in [9.17, 15) is 0 Å². The number of hydrogen-bond donors (Lipinski definition) is 1. The Hall–Kier alpha value is 0.210. The van der Waals surface area contributed by atoms with Crippen molar-refractivity contribution in [3.8, 4) is 0 Å². The van der Waals surface area contributed by atoms with Crippen LogP contribution in [0.15, 0.2) is 0 Å². The van der Waals surface area contributed by atoms with Crippen molar-refractivity contribution in [3.05, 3.63) is 0 Å². The fraction of sp³-hybridized carbons (Fsp3) is 1.00. The molecule has 0 bridgehead atoms. The number of rotatable bonds is 9. The van der Waals surface area contributed by atoms with Crippen molar-refractivity contribution < 1.29 is 4.74 Å². The maximum Gasteiger partial charge on any atom is 0.0474 e. The average Bonchev–Trinajstić information content (AvgIpc) is 2.10. The van der Waals surface area contributed by atoms with Crippen molar-refractivity contribution in [2.45, 2.75) is 25.7 Å². The molecular weight excluding hydrogens is 174 g/mol. The lowest BCUT2D eigenvalue weighted by molar-refractivity contribution is 0.194. The lowest BCUT2D eigenvalue weighted by Crippen LogP contribution is -2.17. The van der Waals surface area contributed by atoms with Gasteiger partial charge in [0.1, 0.15) is 0 Å². The summed E-state index contributed by atoms with van der Waals surface area (Å²) >= 11 is 5.55. The van der Waals surface area contributed by atoms with Crippen LogP contribution in [0.1, 0.15) is 25.7 Å². The average molecular weight is 194 g/mol. The summed E-state index contributed by atoms with van der Waals surface area (Å²) in [4.78, 5) is 0. The summed E-state index contributed by atoms with van der Waals surface area (Å²) in [5, 5.41) is 3.36. The second-order valence-electron chi connectivity index (χ2n) is 2.85. The molecule has 0 amide bonds. The molecule has 0 aliphatic carbocycles. The van der Waals surface area contributed by atoms with Crippen molar-refractivity contribution in [1.29, 1.82) is 0 Å². The number of hydrogen-bond acceptors (Lipinski definition) is 2. The number of nitrogens with one attached hydrogen (secondary N) is 1. The Kier molecular flexibility index (Phi) is 11.4. The van der Waals surface area contributed by atoms with Crippen molar-refractivity contribution in [2.75, 3.05) is 32.7 Å². The molecule has 0 aromatic carbocycles. The molecule has 0 heterocycles. The molecule has 0 aromatic rings. The first-order valence-corrected chi connectivity index (χ1v) is 5.21. The Morgan fingerprint density at radius 2 is 1.83 bits per heavy atom. The number of alkyl halides is 1. The van der Waals surface area contributed by atoms with Gasteiger partial charge in [-0.25, -0.2) is 0 Å². The number of ether oxygens (including phenoxy) is 1. The van der Waals surface area contributed by atoms with E-state index < -0.39 is 0 Å². The molecule has 2 nitrogen and oxygen atoms in total. The number of halogens is 1. The Morgan fingerprint density at radius 1 is 1.08 bits per heavy atom. The highest BCUT2D eigenvalue weighted by Gasteiger charge is 1.88. The molecule has 0 aliphatic rings. The zero-order valence-corrected chi connectivity index (χ0v) is 8.70. The zero-order chi connectivity index (χ0) is 9.07. The molecule has 0 aromatic heterocycles. The van der Waals surface area contributed by atoms with Gasteiger partial charge in [-0.1, -0.05) is 6.42 Å². The minimum Gasteiger partial charge on any atom is -0.385 e. The second kappa shape index (κ2) is 11.2. The van der Waals surface area contributed by atoms with Gasteiger partial charge >= 0.3 is 0 Å². The first kappa shape index (κ1) is 12.2. The monoisotopic (exact) mass is 193 g/mol. The molecule has 0 saturated heterocycles. The van der Waals surface area contributed by atoms with E-state index in [0.29, 0.717) is 0 Å². The van der Waals surface area contributed by atoms with Crippen LogP contribution in [0, 0.1) is 0 Å². The van der Waals surface area contributed by atoms with Gasteiger partial charge in [0.15, 0.2) is 0 Å². The van der Waals surface area contributed by atoms with Crippen LogP contribution >= 0.6 is 11.6 Å². The third-order valence-corrected chi connectivity index (χ3v) is 1.96. The molecule has 12 heavy (non-hydrogen) atoms. The van der Waals surface area contributed by atoms with E-state index in [4.69, 9.17) is 16.3 Å². The molecule has 0 unspecified atom stereocenters. The van der Waals surface area contributed by atoms with Gasteiger partial charge in [-0.2, -0.15) is 0 Å². The Morgan fingerprint density at radius 3 is 2.50 bits per heavy atom. The van der Waals surface area contributed by atoms with Gasteiger partial charge in [0.05, 0.1) is 0 Å². The normalized spacial score (nSPS) is 10.5. The highest BCUT2D eigenvalue weighted by molar-refractivity contribution is 6.17. The summed E-state index contributed by atoms with van der Waals surface area (Å²) < 4.78 is 4.93. The van der Waals surface area contributed by atoms with Gasteiger partial charge in [-0.15, -0.1) is 11.6 Å². The lowest BCUT2D eigenvalue weighted by Gasteiger charge is -2.02. The van der Waals surface area contributed by atoms with Gasteiger partial charge in [0.25, 0.3) is 0 Å². The van der Waals surface area contributed by atoms with Crippen molar-refractivity contribution in [1.82, 2.24) is 5.32 Å². The molecule has 0 saturated carbocycles. The number of unbranched alkanes of at least 4 members (excludes halogenated alkanes) is 2. The van der Waals surface area contributed by atoms with Crippen LogP contribution in [0.3, 0.4) is 0 Å². The molecule has 0 rings (SSSR count). The third-order valence-electron chi connectivity index (χ3n) is 1.69. The minimum absolute atomic E-state index is 0.795. The molecule has 3 heteroatoms.